The molecule has 6 nitrogen and oxygen atoms in total. The number of benzene rings is 1. The van der Waals surface area contributed by atoms with Crippen LogP contribution in [0.1, 0.15) is 11.1 Å². The van der Waals surface area contributed by atoms with Crippen LogP contribution in [0.5, 0.6) is 0 Å². The van der Waals surface area contributed by atoms with Crippen LogP contribution in [0.3, 0.4) is 0 Å². The molecule has 7 heteroatoms. The molecule has 0 saturated heterocycles. The van der Waals surface area contributed by atoms with Gasteiger partial charge in [-0.3, -0.25) is 4.79 Å². The van der Waals surface area contributed by atoms with Gasteiger partial charge in [-0.15, -0.1) is 16.4 Å². The van der Waals surface area contributed by atoms with Gasteiger partial charge in [0.05, 0.1) is 4.88 Å². The molecule has 0 bridgehead atoms. The van der Waals surface area contributed by atoms with Gasteiger partial charge in [-0.1, -0.05) is 30.3 Å². The van der Waals surface area contributed by atoms with Crippen LogP contribution in [-0.4, -0.2) is 22.2 Å². The molecule has 3 rings (SSSR count). The Balaban J connectivity index is 1.56. The molecule has 0 aliphatic heterocycles. The predicted molar refractivity (Wildman–Crippen MR) is 92.0 cm³/mol. The Hall–Kier alpha value is -2.67. The molecule has 0 spiro atoms. The molecule has 3 aromatic rings. The van der Waals surface area contributed by atoms with Gasteiger partial charge in [-0.25, -0.2) is 4.79 Å². The number of nitrogens with one attached hydrogen (secondary N) is 1. The summed E-state index contributed by atoms with van der Waals surface area (Å²) in [6, 6.07) is 11.7. The summed E-state index contributed by atoms with van der Waals surface area (Å²) >= 11 is 1.42. The van der Waals surface area contributed by atoms with Crippen LogP contribution in [0, 0.1) is 6.92 Å². The van der Waals surface area contributed by atoms with Gasteiger partial charge in [0.1, 0.15) is 6.54 Å². The van der Waals surface area contributed by atoms with Gasteiger partial charge in [0, 0.05) is 6.54 Å². The molecule has 0 aliphatic carbocycles. The van der Waals surface area contributed by atoms with Crippen molar-refractivity contribution in [1.29, 1.82) is 0 Å². The Labute approximate surface area is 142 Å². The van der Waals surface area contributed by atoms with Crippen molar-refractivity contribution in [2.75, 3.05) is 6.54 Å². The number of rotatable bonds is 6. The van der Waals surface area contributed by atoms with Crippen molar-refractivity contribution >= 4 is 17.2 Å². The van der Waals surface area contributed by atoms with Crippen molar-refractivity contribution in [3.05, 3.63) is 63.5 Å². The van der Waals surface area contributed by atoms with Crippen LogP contribution < -0.4 is 11.1 Å². The molecule has 0 unspecified atom stereocenters. The van der Waals surface area contributed by atoms with Crippen molar-refractivity contribution in [2.24, 2.45) is 0 Å². The zero-order valence-electron chi connectivity index (χ0n) is 13.2. The summed E-state index contributed by atoms with van der Waals surface area (Å²) in [4.78, 5) is 24.5. The first kappa shape index (κ1) is 16.2. The Morgan fingerprint density at radius 2 is 2.12 bits per heavy atom. The summed E-state index contributed by atoms with van der Waals surface area (Å²) < 4.78 is 6.12. The minimum Gasteiger partial charge on any atom is -0.387 e. The third kappa shape index (κ3) is 3.80. The summed E-state index contributed by atoms with van der Waals surface area (Å²) in [6.45, 7) is 2.40. The van der Waals surface area contributed by atoms with Crippen LogP contribution >= 0.6 is 11.3 Å². The number of hydrogen-bond acceptors (Lipinski definition) is 5. The van der Waals surface area contributed by atoms with E-state index >= 15 is 0 Å². The van der Waals surface area contributed by atoms with E-state index in [4.69, 9.17) is 4.42 Å². The van der Waals surface area contributed by atoms with E-state index in [0.717, 1.165) is 16.0 Å². The molecule has 0 atom stereocenters. The van der Waals surface area contributed by atoms with E-state index in [0.29, 0.717) is 6.54 Å². The molecule has 0 radical (unpaired) electrons. The minimum atomic E-state index is -0.632. The third-order valence-electron chi connectivity index (χ3n) is 3.61. The maximum Gasteiger partial charge on any atom is 0.437 e. The molecule has 0 saturated carbocycles. The summed E-state index contributed by atoms with van der Waals surface area (Å²) in [6.07, 6.45) is 0.743. The van der Waals surface area contributed by atoms with Crippen LogP contribution in [0.25, 0.3) is 10.8 Å². The first-order valence-corrected chi connectivity index (χ1v) is 8.44. The largest absolute Gasteiger partial charge is 0.437 e. The highest BCUT2D eigenvalue weighted by molar-refractivity contribution is 7.13. The number of amides is 1. The number of carbonyl (C=O) groups is 1. The van der Waals surface area contributed by atoms with Crippen molar-refractivity contribution in [3.8, 4) is 10.8 Å². The predicted octanol–water partition coefficient (Wildman–Crippen LogP) is 2.23. The first-order chi connectivity index (χ1) is 11.6. The number of thiophene rings is 1. The molecule has 1 aromatic carbocycles. The molecule has 0 fully saturated rings. The van der Waals surface area contributed by atoms with E-state index in [9.17, 15) is 9.59 Å². The average molecular weight is 343 g/mol. The van der Waals surface area contributed by atoms with E-state index in [1.807, 2.05) is 48.7 Å². The lowest BCUT2D eigenvalue weighted by Crippen LogP contribution is -2.32. The summed E-state index contributed by atoms with van der Waals surface area (Å²) in [5, 5.41) is 8.73. The zero-order valence-corrected chi connectivity index (χ0v) is 14.0. The second kappa shape index (κ2) is 7.27. The van der Waals surface area contributed by atoms with Gasteiger partial charge in [0.2, 0.25) is 5.91 Å². The van der Waals surface area contributed by atoms with Gasteiger partial charge in [-0.05, 0) is 35.9 Å². The van der Waals surface area contributed by atoms with Crippen LogP contribution in [0.4, 0.5) is 0 Å². The van der Waals surface area contributed by atoms with Gasteiger partial charge in [0.15, 0.2) is 0 Å². The maximum absolute atomic E-state index is 12.0. The summed E-state index contributed by atoms with van der Waals surface area (Å²) in [5.74, 6) is -0.660. The molecule has 2 aromatic heterocycles. The molecule has 1 amide bonds. The molecule has 24 heavy (non-hydrogen) atoms. The second-order valence-electron chi connectivity index (χ2n) is 5.33. The van der Waals surface area contributed by atoms with Crippen molar-refractivity contribution in [3.63, 3.8) is 0 Å². The fraction of sp³-hybridized carbons (Fsp3) is 0.235. The number of nitrogens with zero attached hydrogens (tertiary/aromatic N) is 2. The highest BCUT2D eigenvalue weighted by atomic mass is 32.1. The lowest BCUT2D eigenvalue weighted by Gasteiger charge is -2.07. The minimum absolute atomic E-state index is 0.151. The van der Waals surface area contributed by atoms with E-state index in [1.54, 1.807) is 0 Å². The number of aromatic nitrogens is 2. The Morgan fingerprint density at radius 3 is 2.88 bits per heavy atom. The number of aryl methyl sites for hydroxylation is 1. The molecule has 1 N–H and O–H groups in total. The normalized spacial score (nSPS) is 10.7. The number of hydrogen-bond donors (Lipinski definition) is 1. The van der Waals surface area contributed by atoms with Crippen LogP contribution in [0.15, 0.2) is 51.0 Å². The lowest BCUT2D eigenvalue weighted by molar-refractivity contribution is -0.121. The van der Waals surface area contributed by atoms with Gasteiger partial charge >= 0.3 is 5.76 Å². The van der Waals surface area contributed by atoms with Gasteiger partial charge in [-0.2, -0.15) is 4.68 Å². The van der Waals surface area contributed by atoms with E-state index in [-0.39, 0.29) is 18.3 Å². The lowest BCUT2D eigenvalue weighted by atomic mass is 10.1. The molecule has 124 valence electrons. The topological polar surface area (TPSA) is 77.1 Å². The monoisotopic (exact) mass is 343 g/mol. The summed E-state index contributed by atoms with van der Waals surface area (Å²) in [5.41, 5.74) is 2.39. The zero-order chi connectivity index (χ0) is 16.9. The molecular weight excluding hydrogens is 326 g/mol. The average Bonchev–Trinajstić information content (AvgIpc) is 3.20. The standard InChI is InChI=1S/C17H17N3O3S/c1-12-5-2-3-6-13(12)8-9-18-15(21)11-20-17(22)23-16(19-20)14-7-4-10-24-14/h2-7,10H,8-9,11H2,1H3,(H,18,21). The Morgan fingerprint density at radius 1 is 1.29 bits per heavy atom. The second-order valence-corrected chi connectivity index (χ2v) is 6.28. The van der Waals surface area contributed by atoms with E-state index in [2.05, 4.69) is 10.4 Å². The SMILES string of the molecule is Cc1ccccc1CCNC(=O)Cn1nc(-c2cccs2)oc1=O. The molecule has 2 heterocycles. The maximum atomic E-state index is 12.0. The number of carbonyl (C=O) groups excluding carboxylic acids is 1. The van der Waals surface area contributed by atoms with Gasteiger partial charge in [0.25, 0.3) is 5.89 Å². The fourth-order valence-electron chi connectivity index (χ4n) is 2.33. The van der Waals surface area contributed by atoms with E-state index < -0.39 is 5.76 Å². The smallest absolute Gasteiger partial charge is 0.387 e. The van der Waals surface area contributed by atoms with Crippen LogP contribution in [-0.2, 0) is 17.8 Å². The third-order valence-corrected chi connectivity index (χ3v) is 4.47. The molecule has 0 aliphatic rings. The van der Waals surface area contributed by atoms with Crippen molar-refractivity contribution in [1.82, 2.24) is 15.1 Å². The quantitative estimate of drug-likeness (QED) is 0.744. The first-order valence-electron chi connectivity index (χ1n) is 7.56. The van der Waals surface area contributed by atoms with Gasteiger partial charge < -0.3 is 9.73 Å². The Bertz CT molecular complexity index is 881. The fourth-order valence-corrected chi connectivity index (χ4v) is 2.97. The van der Waals surface area contributed by atoms with E-state index in [1.165, 1.54) is 22.5 Å². The van der Waals surface area contributed by atoms with Crippen LogP contribution in [0.2, 0.25) is 0 Å². The highest BCUT2D eigenvalue weighted by Crippen LogP contribution is 2.20. The van der Waals surface area contributed by atoms with Crippen molar-refractivity contribution < 1.29 is 9.21 Å². The molecular formula is C17H17N3O3S. The van der Waals surface area contributed by atoms with Crippen molar-refractivity contribution in [2.45, 2.75) is 19.9 Å². The Kier molecular flexibility index (Phi) is 4.90. The highest BCUT2D eigenvalue weighted by Gasteiger charge is 2.13. The summed E-state index contributed by atoms with van der Waals surface area (Å²) in [7, 11) is 0.